The first kappa shape index (κ1) is 23.6. The second kappa shape index (κ2) is 8.97. The second-order valence-corrected chi connectivity index (χ2v) is 9.21. The van der Waals surface area contributed by atoms with Crippen LogP contribution in [0, 0.1) is 0 Å². The molecule has 0 aliphatic carbocycles. The maximum absolute atomic E-state index is 12.3. The van der Waals surface area contributed by atoms with E-state index in [-0.39, 0.29) is 6.09 Å². The number of nitrogens with zero attached hydrogens (tertiary/aromatic N) is 4. The fraction of sp³-hybridized carbons (Fsp3) is 0.667. The molecule has 0 spiro atoms. The van der Waals surface area contributed by atoms with E-state index in [2.05, 4.69) is 9.88 Å². The number of pyridine rings is 1. The summed E-state index contributed by atoms with van der Waals surface area (Å²) in [5, 5.41) is 0. The van der Waals surface area contributed by atoms with Crippen LogP contribution in [0.25, 0.3) is 0 Å². The van der Waals surface area contributed by atoms with E-state index >= 15 is 0 Å². The molecule has 9 nitrogen and oxygen atoms in total. The Morgan fingerprint density at radius 2 is 1.57 bits per heavy atom. The molecule has 1 aromatic rings. The molecule has 2 rings (SSSR count). The van der Waals surface area contributed by atoms with Crippen molar-refractivity contribution in [1.29, 1.82) is 0 Å². The van der Waals surface area contributed by atoms with Crippen LogP contribution < -0.4 is 14.5 Å². The topological polar surface area (TPSA) is 84.4 Å². The number of anilines is 2. The number of carbonyl (C=O) groups excluding carboxylic acids is 2. The summed E-state index contributed by atoms with van der Waals surface area (Å²) in [7, 11) is 3.19. The zero-order valence-corrected chi connectivity index (χ0v) is 19.3. The van der Waals surface area contributed by atoms with E-state index in [0.717, 1.165) is 0 Å². The highest BCUT2D eigenvalue weighted by atomic mass is 16.6. The van der Waals surface area contributed by atoms with Crippen molar-refractivity contribution in [3.8, 4) is 5.75 Å². The summed E-state index contributed by atoms with van der Waals surface area (Å²) in [6.45, 7) is 13.3. The first-order chi connectivity index (χ1) is 13.8. The number of carbonyl (C=O) groups is 2. The van der Waals surface area contributed by atoms with Gasteiger partial charge in [-0.2, -0.15) is 0 Å². The lowest BCUT2D eigenvalue weighted by Gasteiger charge is -2.36. The van der Waals surface area contributed by atoms with Crippen molar-refractivity contribution in [3.05, 3.63) is 12.3 Å². The van der Waals surface area contributed by atoms with Gasteiger partial charge in [0, 0.05) is 39.3 Å². The van der Waals surface area contributed by atoms with Crippen LogP contribution in [0.5, 0.6) is 5.75 Å². The summed E-state index contributed by atoms with van der Waals surface area (Å²) in [5.41, 5.74) is -0.539. The Morgan fingerprint density at radius 1 is 1.00 bits per heavy atom. The minimum Gasteiger partial charge on any atom is -0.493 e. The van der Waals surface area contributed by atoms with E-state index in [1.54, 1.807) is 31.3 Å². The monoisotopic (exact) mass is 422 g/mol. The molecular formula is C21H34N4O5. The number of hydrogen-bond donors (Lipinski definition) is 0. The molecule has 0 radical (unpaired) electrons. The van der Waals surface area contributed by atoms with Gasteiger partial charge in [0.1, 0.15) is 11.2 Å². The highest BCUT2D eigenvalue weighted by Gasteiger charge is 2.28. The van der Waals surface area contributed by atoms with E-state index in [1.807, 2.05) is 41.5 Å². The molecule has 30 heavy (non-hydrogen) atoms. The molecule has 1 fully saturated rings. The van der Waals surface area contributed by atoms with Crippen molar-refractivity contribution in [2.24, 2.45) is 0 Å². The predicted octanol–water partition coefficient (Wildman–Crippen LogP) is 3.52. The van der Waals surface area contributed by atoms with E-state index < -0.39 is 17.3 Å². The lowest BCUT2D eigenvalue weighted by molar-refractivity contribution is 0.0240. The Kier molecular flexibility index (Phi) is 7.05. The van der Waals surface area contributed by atoms with Crippen LogP contribution in [0.3, 0.4) is 0 Å². The molecule has 9 heteroatoms. The number of aromatic nitrogens is 1. The van der Waals surface area contributed by atoms with Crippen molar-refractivity contribution < 1.29 is 23.8 Å². The number of piperazine rings is 1. The van der Waals surface area contributed by atoms with Crippen LogP contribution in [0.2, 0.25) is 0 Å². The highest BCUT2D eigenvalue weighted by Crippen LogP contribution is 2.31. The van der Waals surface area contributed by atoms with Crippen molar-refractivity contribution in [2.75, 3.05) is 50.1 Å². The van der Waals surface area contributed by atoms with E-state index in [0.29, 0.717) is 43.4 Å². The lowest BCUT2D eigenvalue weighted by atomic mass is 10.2. The summed E-state index contributed by atoms with van der Waals surface area (Å²) in [6.07, 6.45) is 0.837. The third kappa shape index (κ3) is 6.40. The largest absolute Gasteiger partial charge is 0.493 e. The van der Waals surface area contributed by atoms with Gasteiger partial charge >= 0.3 is 12.2 Å². The Morgan fingerprint density at radius 3 is 2.07 bits per heavy atom. The summed E-state index contributed by atoms with van der Waals surface area (Å²) < 4.78 is 16.4. The molecule has 0 saturated carbocycles. The third-order valence-corrected chi connectivity index (χ3v) is 4.32. The molecule has 1 aliphatic heterocycles. The standard InChI is InChI=1S/C21H34N4O5/c1-20(2,3)29-18(26)23(7)15-13-16(28-8)17(22-14-15)24-9-11-25(12-10-24)19(27)30-21(4,5)6/h13-14H,9-12H2,1-8H3. The summed E-state index contributed by atoms with van der Waals surface area (Å²) in [5.74, 6) is 1.22. The van der Waals surface area contributed by atoms with Gasteiger partial charge in [-0.3, -0.25) is 4.90 Å². The minimum absolute atomic E-state index is 0.309. The number of ether oxygens (including phenoxy) is 3. The molecule has 2 heterocycles. The maximum Gasteiger partial charge on any atom is 0.414 e. The molecular weight excluding hydrogens is 388 g/mol. The maximum atomic E-state index is 12.3. The minimum atomic E-state index is -0.587. The van der Waals surface area contributed by atoms with Crippen molar-refractivity contribution in [3.63, 3.8) is 0 Å². The van der Waals surface area contributed by atoms with Crippen LogP contribution in [0.4, 0.5) is 21.1 Å². The zero-order chi connectivity index (χ0) is 22.7. The first-order valence-electron chi connectivity index (χ1n) is 10.0. The molecule has 0 N–H and O–H groups in total. The molecule has 1 aromatic heterocycles. The number of rotatable bonds is 3. The first-order valence-corrected chi connectivity index (χ1v) is 10.0. The quantitative estimate of drug-likeness (QED) is 0.737. The SMILES string of the molecule is COc1cc(N(C)C(=O)OC(C)(C)C)cnc1N1CCN(C(=O)OC(C)(C)C)CC1. The zero-order valence-electron chi connectivity index (χ0n) is 19.3. The molecule has 0 bridgehead atoms. The van der Waals surface area contributed by atoms with Gasteiger partial charge in [0.2, 0.25) is 0 Å². The van der Waals surface area contributed by atoms with Crippen molar-refractivity contribution >= 4 is 23.7 Å². The molecule has 0 aromatic carbocycles. The molecule has 1 aliphatic rings. The molecule has 1 saturated heterocycles. The number of amides is 2. The number of hydrogen-bond acceptors (Lipinski definition) is 7. The molecule has 0 unspecified atom stereocenters. The smallest absolute Gasteiger partial charge is 0.414 e. The Bertz CT molecular complexity index is 762. The van der Waals surface area contributed by atoms with Crippen LogP contribution in [-0.2, 0) is 9.47 Å². The van der Waals surface area contributed by atoms with Gasteiger partial charge in [-0.05, 0) is 41.5 Å². The molecule has 2 amide bonds. The van der Waals surface area contributed by atoms with Gasteiger partial charge in [-0.1, -0.05) is 0 Å². The summed E-state index contributed by atoms with van der Waals surface area (Å²) in [6, 6.07) is 1.76. The Labute approximate surface area is 178 Å². The van der Waals surface area contributed by atoms with Crippen LogP contribution in [-0.4, -0.2) is 73.6 Å². The Balaban J connectivity index is 2.07. The van der Waals surface area contributed by atoms with E-state index in [1.165, 1.54) is 4.90 Å². The fourth-order valence-electron chi connectivity index (χ4n) is 2.86. The van der Waals surface area contributed by atoms with E-state index in [9.17, 15) is 9.59 Å². The van der Waals surface area contributed by atoms with Gasteiger partial charge in [-0.15, -0.1) is 0 Å². The van der Waals surface area contributed by atoms with Gasteiger partial charge in [0.15, 0.2) is 11.6 Å². The molecule has 0 atom stereocenters. The van der Waals surface area contributed by atoms with Crippen molar-refractivity contribution in [2.45, 2.75) is 52.7 Å². The second-order valence-electron chi connectivity index (χ2n) is 9.21. The Hall–Kier alpha value is -2.71. The van der Waals surface area contributed by atoms with Gasteiger partial charge < -0.3 is 24.0 Å². The fourth-order valence-corrected chi connectivity index (χ4v) is 2.86. The highest BCUT2D eigenvalue weighted by molar-refractivity contribution is 5.87. The average molecular weight is 423 g/mol. The summed E-state index contributed by atoms with van der Waals surface area (Å²) in [4.78, 5) is 34.2. The van der Waals surface area contributed by atoms with Crippen molar-refractivity contribution in [1.82, 2.24) is 9.88 Å². The lowest BCUT2D eigenvalue weighted by Crippen LogP contribution is -2.50. The molecule has 168 valence electrons. The van der Waals surface area contributed by atoms with Gasteiger partial charge in [0.05, 0.1) is 19.0 Å². The van der Waals surface area contributed by atoms with Gasteiger partial charge in [-0.25, -0.2) is 14.6 Å². The predicted molar refractivity (Wildman–Crippen MR) is 115 cm³/mol. The normalized spacial score (nSPS) is 14.9. The summed E-state index contributed by atoms with van der Waals surface area (Å²) >= 11 is 0. The van der Waals surface area contributed by atoms with Crippen LogP contribution >= 0.6 is 0 Å². The van der Waals surface area contributed by atoms with Crippen LogP contribution in [0.15, 0.2) is 12.3 Å². The van der Waals surface area contributed by atoms with Gasteiger partial charge in [0.25, 0.3) is 0 Å². The van der Waals surface area contributed by atoms with Crippen LogP contribution in [0.1, 0.15) is 41.5 Å². The average Bonchev–Trinajstić information content (AvgIpc) is 2.64. The third-order valence-electron chi connectivity index (χ3n) is 4.32. The number of methoxy groups -OCH3 is 1. The van der Waals surface area contributed by atoms with E-state index in [4.69, 9.17) is 14.2 Å².